The molecule has 6 heteroatoms. The smallest absolute Gasteiger partial charge is 0.258 e. The van der Waals surface area contributed by atoms with E-state index in [1.807, 2.05) is 19.1 Å². The van der Waals surface area contributed by atoms with Gasteiger partial charge in [0.05, 0.1) is 17.9 Å². The second-order valence-electron chi connectivity index (χ2n) is 6.13. The van der Waals surface area contributed by atoms with Crippen LogP contribution in [0.4, 0.5) is 10.1 Å². The third kappa shape index (κ3) is 5.68. The first-order chi connectivity index (χ1) is 14.1. The molecular formula is C23H20FNO3S. The molecule has 0 aliphatic carbocycles. The van der Waals surface area contributed by atoms with E-state index in [9.17, 15) is 14.0 Å². The third-order valence-corrected chi connectivity index (χ3v) is 5.10. The summed E-state index contributed by atoms with van der Waals surface area (Å²) in [7, 11) is 0. The highest BCUT2D eigenvalue weighted by molar-refractivity contribution is 8.00. The molecule has 0 aliphatic rings. The van der Waals surface area contributed by atoms with E-state index in [-0.39, 0.29) is 11.3 Å². The van der Waals surface area contributed by atoms with E-state index in [2.05, 4.69) is 5.32 Å². The second kappa shape index (κ2) is 9.89. The lowest BCUT2D eigenvalue weighted by molar-refractivity contribution is 0.101. The van der Waals surface area contributed by atoms with Gasteiger partial charge in [-0.2, -0.15) is 0 Å². The summed E-state index contributed by atoms with van der Waals surface area (Å²) in [6, 6.07) is 20.0. The Labute approximate surface area is 173 Å². The van der Waals surface area contributed by atoms with Gasteiger partial charge in [0.15, 0.2) is 5.78 Å². The van der Waals surface area contributed by atoms with Gasteiger partial charge in [0.25, 0.3) is 5.91 Å². The molecule has 0 atom stereocenters. The summed E-state index contributed by atoms with van der Waals surface area (Å²) >= 11 is 1.41. The number of nitrogens with one attached hydrogen (secondary N) is 1. The molecule has 1 N–H and O–H groups in total. The molecule has 0 spiro atoms. The lowest BCUT2D eigenvalue weighted by Crippen LogP contribution is -2.13. The number of thioether (sulfide) groups is 1. The average Bonchev–Trinajstić information content (AvgIpc) is 2.74. The second-order valence-corrected chi connectivity index (χ2v) is 7.18. The molecule has 0 heterocycles. The van der Waals surface area contributed by atoms with Crippen LogP contribution in [0.15, 0.2) is 77.7 Å². The quantitative estimate of drug-likeness (QED) is 0.397. The highest BCUT2D eigenvalue weighted by atomic mass is 32.2. The van der Waals surface area contributed by atoms with Crippen LogP contribution in [0.1, 0.15) is 27.6 Å². The van der Waals surface area contributed by atoms with E-state index in [1.165, 1.54) is 30.0 Å². The zero-order valence-electron chi connectivity index (χ0n) is 15.9. The van der Waals surface area contributed by atoms with Crippen molar-refractivity contribution in [3.05, 3.63) is 89.7 Å². The molecule has 0 radical (unpaired) electrons. The van der Waals surface area contributed by atoms with Crippen molar-refractivity contribution in [1.29, 1.82) is 0 Å². The maximum atomic E-state index is 13.7. The number of carbonyl (C=O) groups is 2. The molecule has 0 bridgehead atoms. The van der Waals surface area contributed by atoms with Gasteiger partial charge in [0.2, 0.25) is 0 Å². The van der Waals surface area contributed by atoms with Crippen molar-refractivity contribution in [2.45, 2.75) is 11.8 Å². The van der Waals surface area contributed by atoms with E-state index < -0.39 is 11.7 Å². The standard InChI is InChI=1S/C23H20FNO3S/c1-2-28-18-11-7-16(8-12-18)22(26)15-29-19-13-9-17(10-14-19)25-23(27)20-5-3-4-6-21(20)24/h3-14H,2,15H2,1H3,(H,25,27). The van der Waals surface area contributed by atoms with Crippen molar-refractivity contribution in [3.63, 3.8) is 0 Å². The van der Waals surface area contributed by atoms with Gasteiger partial charge in [-0.1, -0.05) is 12.1 Å². The minimum absolute atomic E-state index is 0.00750. The maximum Gasteiger partial charge on any atom is 0.258 e. The summed E-state index contributed by atoms with van der Waals surface area (Å²) in [5, 5.41) is 2.67. The Hall–Kier alpha value is -3.12. The number of ketones is 1. The fraction of sp³-hybridized carbons (Fsp3) is 0.130. The van der Waals surface area contributed by atoms with Gasteiger partial charge >= 0.3 is 0 Å². The predicted octanol–water partition coefficient (Wildman–Crippen LogP) is 5.45. The van der Waals surface area contributed by atoms with E-state index in [4.69, 9.17) is 4.74 Å². The summed E-state index contributed by atoms with van der Waals surface area (Å²) in [6.45, 7) is 2.49. The van der Waals surface area contributed by atoms with Crippen LogP contribution in [-0.4, -0.2) is 24.1 Å². The molecule has 0 saturated carbocycles. The van der Waals surface area contributed by atoms with Gasteiger partial charge in [-0.25, -0.2) is 4.39 Å². The molecule has 4 nitrogen and oxygen atoms in total. The first-order valence-electron chi connectivity index (χ1n) is 9.11. The molecule has 3 aromatic rings. The Morgan fingerprint density at radius 3 is 2.31 bits per heavy atom. The number of ether oxygens (including phenoxy) is 1. The van der Waals surface area contributed by atoms with Gasteiger partial charge in [0.1, 0.15) is 11.6 Å². The van der Waals surface area contributed by atoms with E-state index in [1.54, 1.807) is 42.5 Å². The number of hydrogen-bond donors (Lipinski definition) is 1. The number of benzene rings is 3. The van der Waals surface area contributed by atoms with Crippen LogP contribution < -0.4 is 10.1 Å². The van der Waals surface area contributed by atoms with Crippen molar-refractivity contribution in [2.75, 3.05) is 17.7 Å². The van der Waals surface area contributed by atoms with Crippen molar-refractivity contribution >= 4 is 29.1 Å². The van der Waals surface area contributed by atoms with Crippen molar-refractivity contribution in [3.8, 4) is 5.75 Å². The molecular weight excluding hydrogens is 389 g/mol. The number of hydrogen-bond acceptors (Lipinski definition) is 4. The molecule has 0 aliphatic heterocycles. The van der Waals surface area contributed by atoms with Crippen LogP contribution >= 0.6 is 11.8 Å². The zero-order valence-corrected chi connectivity index (χ0v) is 16.7. The van der Waals surface area contributed by atoms with E-state index in [0.29, 0.717) is 23.6 Å². The molecule has 29 heavy (non-hydrogen) atoms. The molecule has 3 rings (SSSR count). The third-order valence-electron chi connectivity index (χ3n) is 4.09. The minimum atomic E-state index is -0.565. The Morgan fingerprint density at radius 2 is 1.66 bits per heavy atom. The number of carbonyl (C=O) groups excluding carboxylic acids is 2. The minimum Gasteiger partial charge on any atom is -0.494 e. The highest BCUT2D eigenvalue weighted by Crippen LogP contribution is 2.22. The average molecular weight is 409 g/mol. The summed E-state index contributed by atoms with van der Waals surface area (Å²) in [5.41, 5.74) is 1.18. The van der Waals surface area contributed by atoms with Gasteiger partial charge in [0, 0.05) is 16.1 Å². The zero-order chi connectivity index (χ0) is 20.6. The molecule has 1 amide bonds. The SMILES string of the molecule is CCOc1ccc(C(=O)CSc2ccc(NC(=O)c3ccccc3F)cc2)cc1. The van der Waals surface area contributed by atoms with Gasteiger partial charge < -0.3 is 10.1 Å². The van der Waals surface area contributed by atoms with Gasteiger partial charge in [-0.3, -0.25) is 9.59 Å². The Bertz CT molecular complexity index is 988. The molecule has 0 saturated heterocycles. The van der Waals surface area contributed by atoms with Crippen LogP contribution in [-0.2, 0) is 0 Å². The first-order valence-corrected chi connectivity index (χ1v) is 10.1. The van der Waals surface area contributed by atoms with Crippen molar-refractivity contribution in [2.24, 2.45) is 0 Å². The fourth-order valence-corrected chi connectivity index (χ4v) is 3.41. The number of Topliss-reactive ketones (excluding diaryl/α,β-unsaturated/α-hetero) is 1. The van der Waals surface area contributed by atoms with Gasteiger partial charge in [-0.05, 0) is 67.6 Å². The first kappa shape index (κ1) is 20.6. The van der Waals surface area contributed by atoms with Crippen LogP contribution in [0.3, 0.4) is 0 Å². The lowest BCUT2D eigenvalue weighted by atomic mass is 10.1. The molecule has 3 aromatic carbocycles. The fourth-order valence-electron chi connectivity index (χ4n) is 2.61. The predicted molar refractivity (Wildman–Crippen MR) is 113 cm³/mol. The Balaban J connectivity index is 1.54. The van der Waals surface area contributed by atoms with E-state index >= 15 is 0 Å². The summed E-state index contributed by atoms with van der Waals surface area (Å²) in [5.74, 6) is -0.00610. The molecule has 148 valence electrons. The van der Waals surface area contributed by atoms with E-state index in [0.717, 1.165) is 10.6 Å². The van der Waals surface area contributed by atoms with Crippen LogP contribution in [0, 0.1) is 5.82 Å². The topological polar surface area (TPSA) is 55.4 Å². The summed E-state index contributed by atoms with van der Waals surface area (Å²) in [4.78, 5) is 25.4. The van der Waals surface area contributed by atoms with Gasteiger partial charge in [-0.15, -0.1) is 11.8 Å². The van der Waals surface area contributed by atoms with Crippen molar-refractivity contribution in [1.82, 2.24) is 0 Å². The van der Waals surface area contributed by atoms with Crippen LogP contribution in [0.5, 0.6) is 5.75 Å². The Kier molecular flexibility index (Phi) is 7.03. The largest absolute Gasteiger partial charge is 0.494 e. The molecule has 0 fully saturated rings. The van der Waals surface area contributed by atoms with Crippen LogP contribution in [0.25, 0.3) is 0 Å². The monoisotopic (exact) mass is 409 g/mol. The lowest BCUT2D eigenvalue weighted by Gasteiger charge is -2.07. The number of amides is 1. The molecule has 0 unspecified atom stereocenters. The van der Waals surface area contributed by atoms with Crippen molar-refractivity contribution < 1.29 is 18.7 Å². The highest BCUT2D eigenvalue weighted by Gasteiger charge is 2.11. The van der Waals surface area contributed by atoms with Crippen LogP contribution in [0.2, 0.25) is 0 Å². The number of anilines is 1. The number of rotatable bonds is 8. The maximum absolute atomic E-state index is 13.7. The number of halogens is 1. The normalized spacial score (nSPS) is 10.4. The summed E-state index contributed by atoms with van der Waals surface area (Å²) in [6.07, 6.45) is 0. The molecule has 0 aromatic heterocycles. The summed E-state index contributed by atoms with van der Waals surface area (Å²) < 4.78 is 19.1. The Morgan fingerprint density at radius 1 is 0.966 bits per heavy atom.